The summed E-state index contributed by atoms with van der Waals surface area (Å²) in [6.45, 7) is 5.66. The zero-order valence-electron chi connectivity index (χ0n) is 11.2. The van der Waals surface area contributed by atoms with Gasteiger partial charge < -0.3 is 9.73 Å². The number of hydrogen-bond acceptors (Lipinski definition) is 2. The number of rotatable bonds is 5. The highest BCUT2D eigenvalue weighted by Crippen LogP contribution is 2.22. The van der Waals surface area contributed by atoms with E-state index in [9.17, 15) is 4.39 Å². The van der Waals surface area contributed by atoms with Crippen molar-refractivity contribution in [3.8, 4) is 11.3 Å². The second-order valence-electron chi connectivity index (χ2n) is 4.69. The average Bonchev–Trinajstić information content (AvgIpc) is 2.84. The van der Waals surface area contributed by atoms with Crippen molar-refractivity contribution in [2.24, 2.45) is 0 Å². The topological polar surface area (TPSA) is 25.2 Å². The molecule has 1 N–H and O–H groups in total. The van der Waals surface area contributed by atoms with Gasteiger partial charge in [-0.3, -0.25) is 0 Å². The standard InChI is InChI=1S/C16H18FNO/c1-12(2)9-10-18-11-15-7-8-16(19-15)13-3-5-14(17)6-4-13/h3-9,18H,10-11H2,1-2H3. The Labute approximate surface area is 112 Å². The zero-order valence-corrected chi connectivity index (χ0v) is 11.2. The van der Waals surface area contributed by atoms with Crippen molar-refractivity contribution >= 4 is 0 Å². The second kappa shape index (κ2) is 6.34. The summed E-state index contributed by atoms with van der Waals surface area (Å²) in [5.41, 5.74) is 2.18. The molecule has 0 aliphatic heterocycles. The van der Waals surface area contributed by atoms with Crippen molar-refractivity contribution in [2.45, 2.75) is 20.4 Å². The molecule has 1 aromatic heterocycles. The fraction of sp³-hybridized carbons (Fsp3) is 0.250. The zero-order chi connectivity index (χ0) is 13.7. The third-order valence-electron chi connectivity index (χ3n) is 2.74. The van der Waals surface area contributed by atoms with E-state index in [1.54, 1.807) is 12.1 Å². The van der Waals surface area contributed by atoms with Crippen LogP contribution in [0.2, 0.25) is 0 Å². The molecule has 0 unspecified atom stereocenters. The molecule has 0 spiro atoms. The third kappa shape index (κ3) is 4.07. The molecule has 0 aliphatic carbocycles. The Morgan fingerprint density at radius 1 is 1.16 bits per heavy atom. The molecule has 3 heteroatoms. The van der Waals surface area contributed by atoms with Crippen molar-refractivity contribution in [1.82, 2.24) is 5.32 Å². The van der Waals surface area contributed by atoms with E-state index >= 15 is 0 Å². The number of hydrogen-bond donors (Lipinski definition) is 1. The molecule has 0 fully saturated rings. The lowest BCUT2D eigenvalue weighted by atomic mass is 10.2. The number of nitrogens with one attached hydrogen (secondary N) is 1. The molecule has 0 amide bonds. The van der Waals surface area contributed by atoms with Gasteiger partial charge in [0.2, 0.25) is 0 Å². The van der Waals surface area contributed by atoms with Gasteiger partial charge in [-0.1, -0.05) is 11.6 Å². The van der Waals surface area contributed by atoms with Crippen LogP contribution in [-0.4, -0.2) is 6.54 Å². The van der Waals surface area contributed by atoms with Gasteiger partial charge >= 0.3 is 0 Å². The van der Waals surface area contributed by atoms with Gasteiger partial charge in [0, 0.05) is 12.1 Å². The minimum atomic E-state index is -0.237. The van der Waals surface area contributed by atoms with Gasteiger partial charge in [-0.15, -0.1) is 0 Å². The molecule has 0 atom stereocenters. The quantitative estimate of drug-likeness (QED) is 0.645. The lowest BCUT2D eigenvalue weighted by Gasteiger charge is -2.00. The van der Waals surface area contributed by atoms with E-state index in [1.165, 1.54) is 17.7 Å². The summed E-state index contributed by atoms with van der Waals surface area (Å²) >= 11 is 0. The van der Waals surface area contributed by atoms with E-state index in [-0.39, 0.29) is 5.82 Å². The smallest absolute Gasteiger partial charge is 0.134 e. The maximum Gasteiger partial charge on any atom is 0.134 e. The Balaban J connectivity index is 1.95. The Morgan fingerprint density at radius 3 is 2.58 bits per heavy atom. The molecular weight excluding hydrogens is 241 g/mol. The first-order chi connectivity index (χ1) is 9.15. The van der Waals surface area contributed by atoms with E-state index in [2.05, 4.69) is 25.2 Å². The summed E-state index contributed by atoms with van der Waals surface area (Å²) in [6, 6.07) is 10.2. The molecule has 0 aliphatic rings. The fourth-order valence-corrected chi connectivity index (χ4v) is 1.71. The molecule has 2 rings (SSSR count). The van der Waals surface area contributed by atoms with E-state index in [0.29, 0.717) is 6.54 Å². The molecule has 100 valence electrons. The summed E-state index contributed by atoms with van der Waals surface area (Å²) in [6.07, 6.45) is 2.13. The molecule has 1 aromatic carbocycles. The molecule has 0 radical (unpaired) electrons. The molecule has 0 saturated carbocycles. The van der Waals surface area contributed by atoms with Crippen LogP contribution in [0.25, 0.3) is 11.3 Å². The van der Waals surface area contributed by atoms with Crippen molar-refractivity contribution in [3.63, 3.8) is 0 Å². The van der Waals surface area contributed by atoms with E-state index in [4.69, 9.17) is 4.42 Å². The lowest BCUT2D eigenvalue weighted by Crippen LogP contribution is -2.12. The maximum absolute atomic E-state index is 12.8. The van der Waals surface area contributed by atoms with Crippen LogP contribution >= 0.6 is 0 Å². The predicted molar refractivity (Wildman–Crippen MR) is 75.2 cm³/mol. The monoisotopic (exact) mass is 259 g/mol. The minimum absolute atomic E-state index is 0.237. The van der Waals surface area contributed by atoms with Gasteiger partial charge in [-0.2, -0.15) is 0 Å². The summed E-state index contributed by atoms with van der Waals surface area (Å²) in [5.74, 6) is 1.40. The maximum atomic E-state index is 12.8. The van der Waals surface area contributed by atoms with E-state index in [0.717, 1.165) is 23.6 Å². The van der Waals surface area contributed by atoms with Gasteiger partial charge in [0.15, 0.2) is 0 Å². The molecular formula is C16H18FNO. The van der Waals surface area contributed by atoms with Crippen LogP contribution in [0.1, 0.15) is 19.6 Å². The second-order valence-corrected chi connectivity index (χ2v) is 4.69. The number of furan rings is 1. The summed E-state index contributed by atoms with van der Waals surface area (Å²) in [7, 11) is 0. The normalized spacial score (nSPS) is 10.5. The molecule has 0 saturated heterocycles. The van der Waals surface area contributed by atoms with Crippen molar-refractivity contribution in [2.75, 3.05) is 6.54 Å². The van der Waals surface area contributed by atoms with Crippen LogP contribution in [-0.2, 0) is 6.54 Å². The summed E-state index contributed by atoms with van der Waals surface area (Å²) in [4.78, 5) is 0. The van der Waals surface area contributed by atoms with Crippen LogP contribution in [0.5, 0.6) is 0 Å². The first-order valence-corrected chi connectivity index (χ1v) is 6.34. The molecule has 1 heterocycles. The first kappa shape index (κ1) is 13.6. The molecule has 2 aromatic rings. The highest BCUT2D eigenvalue weighted by Gasteiger charge is 2.04. The van der Waals surface area contributed by atoms with Crippen molar-refractivity contribution in [3.05, 3.63) is 59.6 Å². The summed E-state index contributed by atoms with van der Waals surface area (Å²) < 4.78 is 18.5. The van der Waals surface area contributed by atoms with Gasteiger partial charge in [-0.25, -0.2) is 4.39 Å². The summed E-state index contributed by atoms with van der Waals surface area (Å²) in [5, 5.41) is 3.28. The van der Waals surface area contributed by atoms with Crippen molar-refractivity contribution in [1.29, 1.82) is 0 Å². The average molecular weight is 259 g/mol. The Hall–Kier alpha value is -1.87. The minimum Gasteiger partial charge on any atom is -0.460 e. The van der Waals surface area contributed by atoms with Gasteiger partial charge in [0.05, 0.1) is 6.54 Å². The lowest BCUT2D eigenvalue weighted by molar-refractivity contribution is 0.501. The fourth-order valence-electron chi connectivity index (χ4n) is 1.71. The largest absolute Gasteiger partial charge is 0.460 e. The highest BCUT2D eigenvalue weighted by molar-refractivity contribution is 5.57. The van der Waals surface area contributed by atoms with Crippen LogP contribution in [0, 0.1) is 5.82 Å². The Kier molecular flexibility index (Phi) is 4.53. The van der Waals surface area contributed by atoms with Crippen LogP contribution in [0.15, 0.2) is 52.5 Å². The van der Waals surface area contributed by atoms with Gasteiger partial charge in [0.1, 0.15) is 17.3 Å². The number of allylic oxidation sites excluding steroid dienone is 1. The first-order valence-electron chi connectivity index (χ1n) is 6.34. The van der Waals surface area contributed by atoms with E-state index in [1.807, 2.05) is 12.1 Å². The van der Waals surface area contributed by atoms with Crippen LogP contribution < -0.4 is 5.32 Å². The third-order valence-corrected chi connectivity index (χ3v) is 2.74. The Bertz CT molecular complexity index is 550. The van der Waals surface area contributed by atoms with Gasteiger partial charge in [-0.05, 0) is 50.2 Å². The van der Waals surface area contributed by atoms with Gasteiger partial charge in [0.25, 0.3) is 0 Å². The Morgan fingerprint density at radius 2 is 1.89 bits per heavy atom. The molecule has 19 heavy (non-hydrogen) atoms. The van der Waals surface area contributed by atoms with Crippen LogP contribution in [0.4, 0.5) is 4.39 Å². The SMILES string of the molecule is CC(C)=CCNCc1ccc(-c2ccc(F)cc2)o1. The highest BCUT2D eigenvalue weighted by atomic mass is 19.1. The molecule has 0 bridgehead atoms. The number of halogens is 1. The number of benzene rings is 1. The van der Waals surface area contributed by atoms with Crippen molar-refractivity contribution < 1.29 is 8.81 Å². The molecule has 2 nitrogen and oxygen atoms in total. The van der Waals surface area contributed by atoms with Crippen LogP contribution in [0.3, 0.4) is 0 Å². The predicted octanol–water partition coefficient (Wildman–Crippen LogP) is 4.14. The van der Waals surface area contributed by atoms with E-state index < -0.39 is 0 Å².